The van der Waals surface area contributed by atoms with E-state index < -0.39 is 0 Å². The van der Waals surface area contributed by atoms with Gasteiger partial charge in [-0.15, -0.1) is 4.33 Å². The van der Waals surface area contributed by atoms with Gasteiger partial charge in [0.05, 0.1) is 12.0 Å². The Hall–Kier alpha value is -0.750. The molecule has 0 saturated heterocycles. The zero-order valence-corrected chi connectivity index (χ0v) is 7.30. The van der Waals surface area contributed by atoms with Gasteiger partial charge in [0.25, 0.3) is 0 Å². The van der Waals surface area contributed by atoms with Crippen LogP contribution in [0, 0.1) is 6.92 Å². The maximum Gasteiger partial charge on any atom is 0.0714 e. The molecule has 5 heteroatoms. The van der Waals surface area contributed by atoms with Crippen LogP contribution >= 0.6 is 12.0 Å². The third-order valence-electron chi connectivity index (χ3n) is 1.40. The molecule has 3 N–H and O–H groups in total. The number of aryl methyl sites for hydroxylation is 1. The zero-order valence-electron chi connectivity index (χ0n) is 6.48. The number of nitrogens with two attached hydrogens (primary N) is 1. The molecule has 0 aliphatic carbocycles. The molecule has 0 heterocycles. The summed E-state index contributed by atoms with van der Waals surface area (Å²) in [6.07, 6.45) is 0. The predicted octanol–water partition coefficient (Wildman–Crippen LogP) is 2.01. The summed E-state index contributed by atoms with van der Waals surface area (Å²) in [5, 5.41) is 11.3. The van der Waals surface area contributed by atoms with E-state index >= 15 is 0 Å². The molecule has 1 aromatic carbocycles. The van der Waals surface area contributed by atoms with Gasteiger partial charge in [-0.25, -0.2) is 5.26 Å². The highest BCUT2D eigenvalue weighted by Crippen LogP contribution is 2.22. The van der Waals surface area contributed by atoms with Crippen molar-refractivity contribution in [2.45, 2.75) is 11.8 Å². The Kier molecular flexibility index (Phi) is 3.36. The van der Waals surface area contributed by atoms with Gasteiger partial charge in [-0.1, -0.05) is 5.04 Å². The summed E-state index contributed by atoms with van der Waals surface area (Å²) in [7, 11) is 0. The summed E-state index contributed by atoms with van der Waals surface area (Å²) >= 11 is 0.916. The van der Waals surface area contributed by atoms with Crippen molar-refractivity contribution in [1.29, 1.82) is 0 Å². The Morgan fingerprint density at radius 3 is 2.83 bits per heavy atom. The first-order chi connectivity index (χ1) is 5.74. The molecule has 0 aliphatic rings. The van der Waals surface area contributed by atoms with Crippen molar-refractivity contribution in [3.05, 3.63) is 23.8 Å². The molecule has 66 valence electrons. The van der Waals surface area contributed by atoms with Crippen LogP contribution in [0.15, 0.2) is 23.1 Å². The maximum atomic E-state index is 7.88. The minimum absolute atomic E-state index is 0.726. The molecule has 0 spiro atoms. The van der Waals surface area contributed by atoms with Crippen molar-refractivity contribution in [2.75, 3.05) is 5.73 Å². The quantitative estimate of drug-likeness (QED) is 0.328. The van der Waals surface area contributed by atoms with Gasteiger partial charge in [0.1, 0.15) is 0 Å². The lowest BCUT2D eigenvalue weighted by molar-refractivity contribution is -0.432. The van der Waals surface area contributed by atoms with Crippen molar-refractivity contribution < 1.29 is 14.6 Å². The molecule has 0 saturated carbocycles. The molecule has 0 bridgehead atoms. The van der Waals surface area contributed by atoms with Crippen molar-refractivity contribution in [3.8, 4) is 0 Å². The second-order valence-corrected chi connectivity index (χ2v) is 3.02. The fourth-order valence-corrected chi connectivity index (χ4v) is 1.21. The molecule has 0 aromatic heterocycles. The topological polar surface area (TPSA) is 64.7 Å². The fourth-order valence-electron chi connectivity index (χ4n) is 0.755. The van der Waals surface area contributed by atoms with E-state index in [2.05, 4.69) is 9.37 Å². The molecule has 0 unspecified atom stereocenters. The van der Waals surface area contributed by atoms with Gasteiger partial charge in [0.15, 0.2) is 0 Å². The highest BCUT2D eigenvalue weighted by Gasteiger charge is 1.98. The highest BCUT2D eigenvalue weighted by atomic mass is 32.2. The van der Waals surface area contributed by atoms with Crippen LogP contribution in [0.25, 0.3) is 0 Å². The third kappa shape index (κ3) is 2.38. The lowest BCUT2D eigenvalue weighted by Crippen LogP contribution is -1.89. The molecular formula is C7H9NO3S. The normalized spacial score (nSPS) is 10.2. The van der Waals surface area contributed by atoms with Crippen molar-refractivity contribution in [1.82, 2.24) is 0 Å². The summed E-state index contributed by atoms with van der Waals surface area (Å²) in [6.45, 7) is 1.89. The molecule has 12 heavy (non-hydrogen) atoms. The van der Waals surface area contributed by atoms with Crippen molar-refractivity contribution in [3.63, 3.8) is 0 Å². The van der Waals surface area contributed by atoms with Gasteiger partial charge in [0.2, 0.25) is 0 Å². The standard InChI is InChI=1S/C7H9NO3S/c1-5-4-6(12-11-10-9)2-3-7(5)8/h2-4,9H,8H2,1H3. The summed E-state index contributed by atoms with van der Waals surface area (Å²) < 4.78 is 4.25. The second kappa shape index (κ2) is 4.32. The van der Waals surface area contributed by atoms with Crippen LogP contribution in [0.1, 0.15) is 5.56 Å². The third-order valence-corrected chi connectivity index (χ3v) is 1.98. The van der Waals surface area contributed by atoms with Crippen LogP contribution in [0.5, 0.6) is 0 Å². The van der Waals surface area contributed by atoms with Crippen molar-refractivity contribution in [2.24, 2.45) is 0 Å². The Morgan fingerprint density at radius 1 is 1.50 bits per heavy atom. The minimum atomic E-state index is 0.726. The molecule has 4 nitrogen and oxygen atoms in total. The average molecular weight is 187 g/mol. The summed E-state index contributed by atoms with van der Waals surface area (Å²) in [5.74, 6) is 0. The molecule has 0 atom stereocenters. The van der Waals surface area contributed by atoms with Gasteiger partial charge in [-0.05, 0) is 30.7 Å². The largest absolute Gasteiger partial charge is 0.399 e. The number of hydrogen-bond donors (Lipinski definition) is 2. The molecule has 0 radical (unpaired) electrons. The monoisotopic (exact) mass is 187 g/mol. The summed E-state index contributed by atoms with van der Waals surface area (Å²) in [5.41, 5.74) is 7.27. The molecule has 0 amide bonds. The van der Waals surface area contributed by atoms with Gasteiger partial charge in [0, 0.05) is 10.6 Å². The van der Waals surface area contributed by atoms with E-state index in [-0.39, 0.29) is 0 Å². The minimum Gasteiger partial charge on any atom is -0.399 e. The summed E-state index contributed by atoms with van der Waals surface area (Å²) in [4.78, 5) is 0.816. The lowest BCUT2D eigenvalue weighted by Gasteiger charge is -2.01. The number of hydrogen-bond acceptors (Lipinski definition) is 5. The van der Waals surface area contributed by atoms with E-state index in [0.29, 0.717) is 0 Å². The van der Waals surface area contributed by atoms with Gasteiger partial charge < -0.3 is 5.73 Å². The molecule has 1 aromatic rings. The maximum absolute atomic E-state index is 7.88. The number of anilines is 1. The Labute approximate surface area is 74.3 Å². The smallest absolute Gasteiger partial charge is 0.0714 e. The van der Waals surface area contributed by atoms with E-state index in [9.17, 15) is 0 Å². The van der Waals surface area contributed by atoms with E-state index in [1.54, 1.807) is 12.1 Å². The average Bonchev–Trinajstić information content (AvgIpc) is 2.07. The van der Waals surface area contributed by atoms with Crippen LogP contribution in [0.3, 0.4) is 0 Å². The molecule has 0 fully saturated rings. The SMILES string of the molecule is Cc1cc(SOOO)ccc1N. The number of rotatable bonds is 3. The first kappa shape index (κ1) is 9.34. The van der Waals surface area contributed by atoms with Crippen molar-refractivity contribution >= 4 is 17.7 Å². The van der Waals surface area contributed by atoms with Crippen LogP contribution < -0.4 is 5.73 Å². The zero-order chi connectivity index (χ0) is 8.97. The fraction of sp³-hybridized carbons (Fsp3) is 0.143. The number of nitrogen functional groups attached to an aromatic ring is 1. The van der Waals surface area contributed by atoms with Gasteiger partial charge >= 0.3 is 0 Å². The van der Waals surface area contributed by atoms with E-state index in [4.69, 9.17) is 11.0 Å². The number of benzene rings is 1. The summed E-state index contributed by atoms with van der Waals surface area (Å²) in [6, 6.07) is 5.36. The van der Waals surface area contributed by atoms with Crippen LogP contribution in [-0.2, 0) is 9.37 Å². The lowest BCUT2D eigenvalue weighted by atomic mass is 10.2. The van der Waals surface area contributed by atoms with Gasteiger partial charge in [-0.2, -0.15) is 0 Å². The van der Waals surface area contributed by atoms with Crippen LogP contribution in [0.4, 0.5) is 5.69 Å². The molecule has 1 rings (SSSR count). The van der Waals surface area contributed by atoms with E-state index in [1.807, 2.05) is 13.0 Å². The van der Waals surface area contributed by atoms with E-state index in [0.717, 1.165) is 28.2 Å². The highest BCUT2D eigenvalue weighted by molar-refractivity contribution is 7.94. The molecule has 0 aliphatic heterocycles. The second-order valence-electron chi connectivity index (χ2n) is 2.24. The van der Waals surface area contributed by atoms with Crippen LogP contribution in [0.2, 0.25) is 0 Å². The first-order valence-corrected chi connectivity index (χ1v) is 3.99. The van der Waals surface area contributed by atoms with Crippen LogP contribution in [-0.4, -0.2) is 5.26 Å². The first-order valence-electron chi connectivity index (χ1n) is 3.25. The Bertz CT molecular complexity index is 267. The molecular weight excluding hydrogens is 178 g/mol. The predicted molar refractivity (Wildman–Crippen MR) is 46.2 cm³/mol. The van der Waals surface area contributed by atoms with E-state index in [1.165, 1.54) is 0 Å². The Balaban J connectivity index is 2.69. The van der Waals surface area contributed by atoms with Gasteiger partial charge in [-0.3, -0.25) is 0 Å². The Morgan fingerprint density at radius 2 is 2.25 bits per heavy atom.